The van der Waals surface area contributed by atoms with Crippen LogP contribution in [0.5, 0.6) is 5.75 Å². The van der Waals surface area contributed by atoms with Crippen LogP contribution in [0.25, 0.3) is 0 Å². The highest BCUT2D eigenvalue weighted by Gasteiger charge is 2.03. The summed E-state index contributed by atoms with van der Waals surface area (Å²) in [5.74, 6) is 0.0231. The Morgan fingerprint density at radius 3 is 2.81 bits per heavy atom. The maximum absolute atomic E-state index is 13.5. The summed E-state index contributed by atoms with van der Waals surface area (Å²) in [5.41, 5.74) is 1.04. The van der Waals surface area contributed by atoms with E-state index in [4.69, 9.17) is 4.74 Å². The van der Waals surface area contributed by atoms with Crippen molar-refractivity contribution in [2.45, 2.75) is 32.6 Å². The van der Waals surface area contributed by atoms with E-state index in [1.54, 1.807) is 18.2 Å². The van der Waals surface area contributed by atoms with Crippen LogP contribution in [0.2, 0.25) is 0 Å². The van der Waals surface area contributed by atoms with Crippen LogP contribution in [0.1, 0.15) is 31.7 Å². The molecule has 0 amide bonds. The molecule has 0 radical (unpaired) electrons. The van der Waals surface area contributed by atoms with E-state index >= 15 is 0 Å². The van der Waals surface area contributed by atoms with E-state index < -0.39 is 0 Å². The van der Waals surface area contributed by atoms with Gasteiger partial charge >= 0.3 is 0 Å². The van der Waals surface area contributed by atoms with E-state index in [2.05, 4.69) is 13.5 Å². The minimum absolute atomic E-state index is 0.282. The molecular formula is C14H19FO. The lowest BCUT2D eigenvalue weighted by Gasteiger charge is -2.06. The molecule has 0 aliphatic rings. The highest BCUT2D eigenvalue weighted by atomic mass is 19.1. The monoisotopic (exact) mass is 222 g/mol. The SMILES string of the molecule is C=CCOc1ccc(CCCCC)cc1F. The van der Waals surface area contributed by atoms with E-state index in [1.165, 1.54) is 12.8 Å². The highest BCUT2D eigenvalue weighted by Crippen LogP contribution is 2.19. The Morgan fingerprint density at radius 1 is 1.38 bits per heavy atom. The molecule has 0 heterocycles. The summed E-state index contributed by atoms with van der Waals surface area (Å²) < 4.78 is 18.7. The summed E-state index contributed by atoms with van der Waals surface area (Å²) in [4.78, 5) is 0. The Morgan fingerprint density at radius 2 is 2.19 bits per heavy atom. The van der Waals surface area contributed by atoms with Crippen LogP contribution in [0.15, 0.2) is 30.9 Å². The van der Waals surface area contributed by atoms with Crippen molar-refractivity contribution >= 4 is 0 Å². The molecule has 0 aliphatic carbocycles. The Labute approximate surface area is 96.9 Å². The fourth-order valence-corrected chi connectivity index (χ4v) is 1.54. The van der Waals surface area contributed by atoms with Gasteiger partial charge in [0.2, 0.25) is 0 Å². The molecule has 1 aromatic carbocycles. The fourth-order valence-electron chi connectivity index (χ4n) is 1.54. The van der Waals surface area contributed by atoms with Gasteiger partial charge < -0.3 is 4.74 Å². The minimum atomic E-state index is -0.282. The van der Waals surface area contributed by atoms with Gasteiger partial charge in [-0.2, -0.15) is 0 Å². The van der Waals surface area contributed by atoms with E-state index in [1.807, 2.05) is 6.07 Å². The fraction of sp³-hybridized carbons (Fsp3) is 0.429. The van der Waals surface area contributed by atoms with Crippen molar-refractivity contribution < 1.29 is 9.13 Å². The van der Waals surface area contributed by atoms with E-state index in [9.17, 15) is 4.39 Å². The molecule has 0 aromatic heterocycles. The number of halogens is 1. The Hall–Kier alpha value is -1.31. The number of unbranched alkanes of at least 4 members (excludes halogenated alkanes) is 2. The third-order valence-corrected chi connectivity index (χ3v) is 2.42. The molecule has 0 spiro atoms. The quantitative estimate of drug-likeness (QED) is 0.498. The highest BCUT2D eigenvalue weighted by molar-refractivity contribution is 5.29. The first-order valence-electron chi connectivity index (χ1n) is 5.80. The van der Waals surface area contributed by atoms with Crippen LogP contribution in [-0.4, -0.2) is 6.61 Å². The average Bonchev–Trinajstić information content (AvgIpc) is 2.28. The lowest BCUT2D eigenvalue weighted by molar-refractivity contribution is 0.341. The van der Waals surface area contributed by atoms with Crippen molar-refractivity contribution in [1.82, 2.24) is 0 Å². The number of hydrogen-bond acceptors (Lipinski definition) is 1. The minimum Gasteiger partial charge on any atom is -0.486 e. The van der Waals surface area contributed by atoms with Gasteiger partial charge in [0.1, 0.15) is 6.61 Å². The molecule has 1 nitrogen and oxygen atoms in total. The Kier molecular flexibility index (Phi) is 5.62. The van der Waals surface area contributed by atoms with Crippen LogP contribution in [0.3, 0.4) is 0 Å². The van der Waals surface area contributed by atoms with Crippen LogP contribution in [-0.2, 0) is 6.42 Å². The van der Waals surface area contributed by atoms with E-state index in [-0.39, 0.29) is 5.82 Å². The Balaban J connectivity index is 2.56. The molecule has 0 aliphatic heterocycles. The normalized spacial score (nSPS) is 10.1. The van der Waals surface area contributed by atoms with Gasteiger partial charge in [0.05, 0.1) is 0 Å². The second-order valence-corrected chi connectivity index (χ2v) is 3.82. The topological polar surface area (TPSA) is 9.23 Å². The molecule has 88 valence electrons. The first-order chi connectivity index (χ1) is 7.77. The summed E-state index contributed by atoms with van der Waals surface area (Å²) in [5, 5.41) is 0. The first kappa shape index (κ1) is 12.8. The van der Waals surface area contributed by atoms with Crippen molar-refractivity contribution in [2.75, 3.05) is 6.61 Å². The van der Waals surface area contributed by atoms with Crippen LogP contribution in [0, 0.1) is 5.82 Å². The lowest BCUT2D eigenvalue weighted by atomic mass is 10.1. The van der Waals surface area contributed by atoms with Crippen molar-refractivity contribution in [1.29, 1.82) is 0 Å². The smallest absolute Gasteiger partial charge is 0.165 e. The summed E-state index contributed by atoms with van der Waals surface area (Å²) >= 11 is 0. The van der Waals surface area contributed by atoms with Gasteiger partial charge in [-0.3, -0.25) is 0 Å². The summed E-state index contributed by atoms with van der Waals surface area (Å²) in [6.07, 6.45) is 6.03. The summed E-state index contributed by atoms with van der Waals surface area (Å²) in [7, 11) is 0. The van der Waals surface area contributed by atoms with Gasteiger partial charge in [-0.05, 0) is 30.5 Å². The van der Waals surface area contributed by atoms with Gasteiger partial charge in [-0.15, -0.1) is 0 Å². The van der Waals surface area contributed by atoms with Gasteiger partial charge in [-0.25, -0.2) is 4.39 Å². The molecular weight excluding hydrogens is 203 g/mol. The molecule has 0 saturated heterocycles. The number of rotatable bonds is 7. The molecule has 0 atom stereocenters. The summed E-state index contributed by atoms with van der Waals surface area (Å²) in [6.45, 7) is 6.02. The van der Waals surface area contributed by atoms with Gasteiger partial charge in [-0.1, -0.05) is 38.5 Å². The molecule has 0 unspecified atom stereocenters. The average molecular weight is 222 g/mol. The second kappa shape index (κ2) is 7.04. The van der Waals surface area contributed by atoms with Crippen molar-refractivity contribution in [3.05, 3.63) is 42.2 Å². The van der Waals surface area contributed by atoms with Crippen LogP contribution in [0.4, 0.5) is 4.39 Å². The number of hydrogen-bond donors (Lipinski definition) is 0. The number of aryl methyl sites for hydroxylation is 1. The third-order valence-electron chi connectivity index (χ3n) is 2.42. The number of benzene rings is 1. The van der Waals surface area contributed by atoms with Crippen LogP contribution < -0.4 is 4.74 Å². The van der Waals surface area contributed by atoms with Crippen LogP contribution >= 0.6 is 0 Å². The molecule has 0 N–H and O–H groups in total. The molecule has 0 fully saturated rings. The number of ether oxygens (including phenoxy) is 1. The molecule has 0 bridgehead atoms. The van der Waals surface area contributed by atoms with E-state index in [0.29, 0.717) is 12.4 Å². The predicted molar refractivity (Wildman–Crippen MR) is 65.3 cm³/mol. The van der Waals surface area contributed by atoms with Gasteiger partial charge in [0.15, 0.2) is 11.6 Å². The molecule has 1 aromatic rings. The zero-order valence-electron chi connectivity index (χ0n) is 9.84. The maximum Gasteiger partial charge on any atom is 0.165 e. The molecule has 16 heavy (non-hydrogen) atoms. The van der Waals surface area contributed by atoms with Crippen molar-refractivity contribution in [2.24, 2.45) is 0 Å². The lowest BCUT2D eigenvalue weighted by Crippen LogP contribution is -1.96. The largest absolute Gasteiger partial charge is 0.486 e. The van der Waals surface area contributed by atoms with Gasteiger partial charge in [0, 0.05) is 0 Å². The molecule has 0 saturated carbocycles. The van der Waals surface area contributed by atoms with Crippen molar-refractivity contribution in [3.63, 3.8) is 0 Å². The zero-order chi connectivity index (χ0) is 11.8. The summed E-state index contributed by atoms with van der Waals surface area (Å²) in [6, 6.07) is 5.19. The standard InChI is InChI=1S/C14H19FO/c1-3-5-6-7-12-8-9-14(13(15)11-12)16-10-4-2/h4,8-9,11H,2-3,5-7,10H2,1H3. The molecule has 2 heteroatoms. The van der Waals surface area contributed by atoms with E-state index in [0.717, 1.165) is 18.4 Å². The first-order valence-corrected chi connectivity index (χ1v) is 5.80. The van der Waals surface area contributed by atoms with Crippen molar-refractivity contribution in [3.8, 4) is 5.75 Å². The maximum atomic E-state index is 13.5. The molecule has 1 rings (SSSR count). The van der Waals surface area contributed by atoms with Gasteiger partial charge in [0.25, 0.3) is 0 Å². The third kappa shape index (κ3) is 4.05. The zero-order valence-corrected chi connectivity index (χ0v) is 9.84. The Bertz CT molecular complexity index is 334. The second-order valence-electron chi connectivity index (χ2n) is 3.82. The predicted octanol–water partition coefficient (Wildman–Crippen LogP) is 4.12.